The molecular formula is C14H21N3O. The summed E-state index contributed by atoms with van der Waals surface area (Å²) < 4.78 is 8.63. The fourth-order valence-corrected chi connectivity index (χ4v) is 3.96. The van der Waals surface area contributed by atoms with Crippen molar-refractivity contribution in [3.05, 3.63) is 18.5 Å². The van der Waals surface area contributed by atoms with Crippen LogP contribution in [-0.2, 0) is 4.74 Å². The molecule has 0 radical (unpaired) electrons. The minimum Gasteiger partial charge on any atom is -0.372 e. The van der Waals surface area contributed by atoms with Gasteiger partial charge in [-0.2, -0.15) is 5.10 Å². The summed E-state index contributed by atoms with van der Waals surface area (Å²) in [5, 5.41) is 7.93. The highest BCUT2D eigenvalue weighted by atomic mass is 16.5. The molecule has 1 spiro atoms. The minimum atomic E-state index is 0.123. The van der Waals surface area contributed by atoms with Crippen molar-refractivity contribution in [2.24, 2.45) is 5.92 Å². The van der Waals surface area contributed by atoms with Crippen molar-refractivity contribution in [2.45, 2.75) is 49.9 Å². The third kappa shape index (κ3) is 1.70. The minimum absolute atomic E-state index is 0.123. The number of nitrogens with zero attached hydrogens (tertiary/aromatic N) is 2. The molecule has 1 saturated carbocycles. The summed E-state index contributed by atoms with van der Waals surface area (Å²) in [6.45, 7) is 2.20. The molecule has 1 aromatic heterocycles. The van der Waals surface area contributed by atoms with Crippen molar-refractivity contribution >= 4 is 0 Å². The van der Waals surface area contributed by atoms with Gasteiger partial charge in [0.15, 0.2) is 0 Å². The summed E-state index contributed by atoms with van der Waals surface area (Å²) in [4.78, 5) is 0. The number of nitrogens with one attached hydrogen (secondary N) is 1. The largest absolute Gasteiger partial charge is 0.372 e. The van der Waals surface area contributed by atoms with Crippen LogP contribution in [0.3, 0.4) is 0 Å². The number of aromatic nitrogens is 2. The molecular weight excluding hydrogens is 226 g/mol. The Morgan fingerprint density at radius 3 is 2.83 bits per heavy atom. The zero-order valence-corrected chi connectivity index (χ0v) is 10.7. The molecule has 1 atom stereocenters. The van der Waals surface area contributed by atoms with Crippen LogP contribution in [0.25, 0.3) is 0 Å². The Morgan fingerprint density at radius 2 is 2.11 bits per heavy atom. The van der Waals surface area contributed by atoms with Gasteiger partial charge in [-0.05, 0) is 57.2 Å². The zero-order chi connectivity index (χ0) is 12.0. The lowest BCUT2D eigenvalue weighted by atomic mass is 9.75. The van der Waals surface area contributed by atoms with E-state index >= 15 is 0 Å². The Morgan fingerprint density at radius 1 is 1.28 bits per heavy atom. The molecule has 18 heavy (non-hydrogen) atoms. The number of ether oxygens (including phenoxy) is 1. The summed E-state index contributed by atoms with van der Waals surface area (Å²) >= 11 is 0. The van der Waals surface area contributed by atoms with E-state index in [0.29, 0.717) is 12.1 Å². The van der Waals surface area contributed by atoms with Gasteiger partial charge in [0, 0.05) is 12.4 Å². The maximum absolute atomic E-state index is 6.45. The van der Waals surface area contributed by atoms with Crippen LogP contribution in [0.4, 0.5) is 0 Å². The Kier molecular flexibility index (Phi) is 2.49. The molecule has 1 aromatic rings. The quantitative estimate of drug-likeness (QED) is 0.821. The van der Waals surface area contributed by atoms with E-state index in [2.05, 4.69) is 21.3 Å². The SMILES string of the molecule is c1cnn(C2CC3(CCNCC3)OC3CC2C3)c1. The van der Waals surface area contributed by atoms with Gasteiger partial charge in [-0.3, -0.25) is 4.68 Å². The van der Waals surface area contributed by atoms with E-state index in [0.717, 1.165) is 38.3 Å². The van der Waals surface area contributed by atoms with Crippen LogP contribution >= 0.6 is 0 Å². The van der Waals surface area contributed by atoms with Gasteiger partial charge in [-0.25, -0.2) is 0 Å². The van der Waals surface area contributed by atoms with Gasteiger partial charge in [-0.15, -0.1) is 0 Å². The van der Waals surface area contributed by atoms with Crippen LogP contribution in [0.1, 0.15) is 38.1 Å². The lowest BCUT2D eigenvalue weighted by molar-refractivity contribution is -0.126. The van der Waals surface area contributed by atoms with E-state index in [9.17, 15) is 0 Å². The molecule has 1 unspecified atom stereocenters. The molecule has 4 heteroatoms. The van der Waals surface area contributed by atoms with Gasteiger partial charge in [0.1, 0.15) is 0 Å². The Balaban J connectivity index is 1.63. The average Bonchev–Trinajstić information content (AvgIpc) is 2.77. The van der Waals surface area contributed by atoms with Gasteiger partial charge >= 0.3 is 0 Å². The van der Waals surface area contributed by atoms with Crippen LogP contribution < -0.4 is 5.32 Å². The number of rotatable bonds is 1. The Hall–Kier alpha value is -0.870. The molecule has 0 aromatic carbocycles. The van der Waals surface area contributed by atoms with Crippen LogP contribution in [0, 0.1) is 5.92 Å². The van der Waals surface area contributed by atoms with Gasteiger partial charge in [0.25, 0.3) is 0 Å². The highest BCUT2D eigenvalue weighted by Gasteiger charge is 2.49. The summed E-state index contributed by atoms with van der Waals surface area (Å²) in [5.41, 5.74) is 0.123. The fraction of sp³-hybridized carbons (Fsp3) is 0.786. The summed E-state index contributed by atoms with van der Waals surface area (Å²) in [6.07, 6.45) is 10.5. The maximum Gasteiger partial charge on any atom is 0.0730 e. The smallest absolute Gasteiger partial charge is 0.0730 e. The van der Waals surface area contributed by atoms with E-state index in [1.807, 2.05) is 12.3 Å². The Bertz CT molecular complexity index is 405. The van der Waals surface area contributed by atoms with Crippen molar-refractivity contribution < 1.29 is 4.74 Å². The van der Waals surface area contributed by atoms with Crippen molar-refractivity contribution in [3.63, 3.8) is 0 Å². The molecule has 0 amide bonds. The van der Waals surface area contributed by atoms with Gasteiger partial charge < -0.3 is 10.1 Å². The second-order valence-electron chi connectivity index (χ2n) is 6.16. The summed E-state index contributed by atoms with van der Waals surface area (Å²) in [5.74, 6) is 0.782. The molecule has 4 heterocycles. The monoisotopic (exact) mass is 247 g/mol. The highest BCUT2D eigenvalue weighted by Crippen LogP contribution is 2.50. The molecule has 3 saturated heterocycles. The lowest BCUT2D eigenvalue weighted by Gasteiger charge is -2.39. The molecule has 5 rings (SSSR count). The first-order chi connectivity index (χ1) is 8.85. The van der Waals surface area contributed by atoms with Crippen molar-refractivity contribution in [2.75, 3.05) is 13.1 Å². The maximum atomic E-state index is 6.45. The van der Waals surface area contributed by atoms with E-state index in [1.165, 1.54) is 12.8 Å². The lowest BCUT2D eigenvalue weighted by Crippen LogP contribution is -2.45. The Labute approximate surface area is 108 Å². The third-order valence-corrected chi connectivity index (χ3v) is 5.05. The molecule has 1 N–H and O–H groups in total. The van der Waals surface area contributed by atoms with E-state index < -0.39 is 0 Å². The number of hydrogen-bond donors (Lipinski definition) is 1. The molecule has 2 bridgehead atoms. The molecule has 4 aliphatic rings. The topological polar surface area (TPSA) is 39.1 Å². The number of piperidine rings is 1. The van der Waals surface area contributed by atoms with Crippen LogP contribution in [-0.4, -0.2) is 34.6 Å². The summed E-state index contributed by atoms with van der Waals surface area (Å²) in [6, 6.07) is 2.59. The first kappa shape index (κ1) is 11.0. The van der Waals surface area contributed by atoms with Crippen molar-refractivity contribution in [3.8, 4) is 0 Å². The van der Waals surface area contributed by atoms with E-state index in [1.54, 1.807) is 0 Å². The summed E-state index contributed by atoms with van der Waals surface area (Å²) in [7, 11) is 0. The molecule has 3 aliphatic heterocycles. The van der Waals surface area contributed by atoms with E-state index in [4.69, 9.17) is 4.74 Å². The van der Waals surface area contributed by atoms with Crippen molar-refractivity contribution in [1.29, 1.82) is 0 Å². The van der Waals surface area contributed by atoms with Crippen LogP contribution in [0.15, 0.2) is 18.5 Å². The van der Waals surface area contributed by atoms with Gasteiger partial charge in [-0.1, -0.05) is 0 Å². The molecule has 4 fully saturated rings. The molecule has 1 aliphatic carbocycles. The zero-order valence-electron chi connectivity index (χ0n) is 10.7. The normalized spacial score (nSPS) is 38.1. The van der Waals surface area contributed by atoms with Crippen LogP contribution in [0.5, 0.6) is 0 Å². The molecule has 98 valence electrons. The molecule has 4 nitrogen and oxygen atoms in total. The average molecular weight is 247 g/mol. The van der Waals surface area contributed by atoms with Crippen LogP contribution in [0.2, 0.25) is 0 Å². The standard InChI is InChI=1S/C14H21N3O/c1-4-16-17(7-1)13-10-14(2-5-15-6-3-14)18-12-8-11(13)9-12/h1,4,7,11-13,15H,2-3,5-6,8-10H2. The first-order valence-electron chi connectivity index (χ1n) is 7.22. The fourth-order valence-electron chi connectivity index (χ4n) is 3.96. The van der Waals surface area contributed by atoms with E-state index in [-0.39, 0.29) is 5.60 Å². The van der Waals surface area contributed by atoms with Gasteiger partial charge in [0.2, 0.25) is 0 Å². The second-order valence-corrected chi connectivity index (χ2v) is 6.16. The van der Waals surface area contributed by atoms with Gasteiger partial charge in [0.05, 0.1) is 17.7 Å². The highest BCUT2D eigenvalue weighted by molar-refractivity contribution is 5.01. The van der Waals surface area contributed by atoms with Crippen molar-refractivity contribution in [1.82, 2.24) is 15.1 Å². The number of fused-ring (bicyclic) bond motifs is 1. The number of hydrogen-bond acceptors (Lipinski definition) is 3. The third-order valence-electron chi connectivity index (χ3n) is 5.05. The second kappa shape index (κ2) is 4.07. The predicted octanol–water partition coefficient (Wildman–Crippen LogP) is 1.75. The first-order valence-corrected chi connectivity index (χ1v) is 7.22. The predicted molar refractivity (Wildman–Crippen MR) is 68.3 cm³/mol.